The predicted octanol–water partition coefficient (Wildman–Crippen LogP) is 2.61. The number of benzene rings is 1. The second-order valence-corrected chi connectivity index (χ2v) is 8.98. The first-order valence-corrected chi connectivity index (χ1v) is 10.8. The van der Waals surface area contributed by atoms with Crippen molar-refractivity contribution in [3.8, 4) is 0 Å². The molecule has 0 spiro atoms. The van der Waals surface area contributed by atoms with Crippen molar-refractivity contribution < 1.29 is 17.9 Å². The maximum Gasteiger partial charge on any atom is 0.263 e. The highest BCUT2D eigenvalue weighted by atomic mass is 32.2. The number of rotatable bonds is 7. The first kappa shape index (κ1) is 19.0. The van der Waals surface area contributed by atoms with Crippen LogP contribution in [-0.4, -0.2) is 38.8 Å². The van der Waals surface area contributed by atoms with Crippen molar-refractivity contribution >= 4 is 27.3 Å². The van der Waals surface area contributed by atoms with Crippen LogP contribution in [0.4, 0.5) is 0 Å². The van der Waals surface area contributed by atoms with Gasteiger partial charge in [-0.2, -0.15) is 4.31 Å². The predicted molar refractivity (Wildman–Crippen MR) is 101 cm³/mol. The number of nitrogens with zero attached hydrogens (tertiary/aromatic N) is 1. The number of carbonyl (C=O) groups is 1. The lowest BCUT2D eigenvalue weighted by Crippen LogP contribution is -2.30. The van der Waals surface area contributed by atoms with Crippen molar-refractivity contribution in [3.05, 3.63) is 51.7 Å². The second-order valence-electron chi connectivity index (χ2n) is 6.16. The number of ether oxygens (including phenoxy) is 1. The third kappa shape index (κ3) is 4.15. The SMILES string of the molecule is COCc1cccc(CNC(=O)c2sccc2S(=O)(=O)N2CCCC2)c1. The topological polar surface area (TPSA) is 75.7 Å². The zero-order chi connectivity index (χ0) is 18.6. The van der Waals surface area contributed by atoms with Gasteiger partial charge in [0.15, 0.2) is 0 Å². The summed E-state index contributed by atoms with van der Waals surface area (Å²) in [5.41, 5.74) is 1.96. The summed E-state index contributed by atoms with van der Waals surface area (Å²) in [6.07, 6.45) is 1.73. The summed E-state index contributed by atoms with van der Waals surface area (Å²) < 4.78 is 32.1. The molecule has 1 aromatic heterocycles. The smallest absolute Gasteiger partial charge is 0.263 e. The molecule has 0 saturated carbocycles. The highest BCUT2D eigenvalue weighted by Gasteiger charge is 2.31. The summed E-state index contributed by atoms with van der Waals surface area (Å²) in [6, 6.07) is 9.25. The molecule has 1 N–H and O–H groups in total. The fourth-order valence-electron chi connectivity index (χ4n) is 2.99. The van der Waals surface area contributed by atoms with Gasteiger partial charge < -0.3 is 10.1 Å². The molecule has 3 rings (SSSR count). The van der Waals surface area contributed by atoms with Crippen LogP contribution in [0.15, 0.2) is 40.6 Å². The molecule has 1 aliphatic rings. The van der Waals surface area contributed by atoms with Crippen molar-refractivity contribution in [3.63, 3.8) is 0 Å². The summed E-state index contributed by atoms with van der Waals surface area (Å²) in [4.78, 5) is 12.9. The van der Waals surface area contributed by atoms with Crippen LogP contribution in [0.3, 0.4) is 0 Å². The standard InChI is InChI=1S/C18H22N2O4S2/c1-24-13-15-6-4-5-14(11-15)12-19-18(21)17-16(7-10-25-17)26(22,23)20-8-2-3-9-20/h4-7,10-11H,2-3,8-9,12-13H2,1H3,(H,19,21). The van der Waals surface area contributed by atoms with Gasteiger partial charge in [0.1, 0.15) is 9.77 Å². The Kier molecular flexibility index (Phi) is 6.08. The Morgan fingerprint density at radius 2 is 1.96 bits per heavy atom. The molecule has 2 aromatic rings. The minimum Gasteiger partial charge on any atom is -0.380 e. The van der Waals surface area contributed by atoms with Crippen LogP contribution < -0.4 is 5.32 Å². The average Bonchev–Trinajstić information content (AvgIpc) is 3.32. The number of sulfonamides is 1. The zero-order valence-electron chi connectivity index (χ0n) is 14.6. The maximum atomic E-state index is 12.8. The lowest BCUT2D eigenvalue weighted by atomic mass is 10.1. The molecular formula is C18H22N2O4S2. The van der Waals surface area contributed by atoms with E-state index in [-0.39, 0.29) is 15.7 Å². The summed E-state index contributed by atoms with van der Waals surface area (Å²) in [6.45, 7) is 1.87. The van der Waals surface area contributed by atoms with E-state index < -0.39 is 10.0 Å². The molecule has 1 amide bonds. The Bertz CT molecular complexity index is 871. The van der Waals surface area contributed by atoms with E-state index in [4.69, 9.17) is 4.74 Å². The number of hydrogen-bond donors (Lipinski definition) is 1. The maximum absolute atomic E-state index is 12.8. The van der Waals surface area contributed by atoms with Crippen LogP contribution in [0.1, 0.15) is 33.6 Å². The third-order valence-electron chi connectivity index (χ3n) is 4.27. The molecule has 0 atom stereocenters. The highest BCUT2D eigenvalue weighted by molar-refractivity contribution is 7.89. The quantitative estimate of drug-likeness (QED) is 0.783. The van der Waals surface area contributed by atoms with Gasteiger partial charge in [0.05, 0.1) is 6.61 Å². The third-order valence-corrected chi connectivity index (χ3v) is 7.26. The minimum absolute atomic E-state index is 0.107. The van der Waals surface area contributed by atoms with E-state index in [1.54, 1.807) is 12.5 Å². The van der Waals surface area contributed by atoms with Gasteiger partial charge >= 0.3 is 0 Å². The van der Waals surface area contributed by atoms with Crippen LogP contribution in [0, 0.1) is 0 Å². The van der Waals surface area contributed by atoms with Gasteiger partial charge in [-0.1, -0.05) is 24.3 Å². The van der Waals surface area contributed by atoms with Gasteiger partial charge in [-0.05, 0) is 35.4 Å². The van der Waals surface area contributed by atoms with Gasteiger partial charge in [-0.3, -0.25) is 4.79 Å². The lowest BCUT2D eigenvalue weighted by molar-refractivity contribution is 0.0952. The van der Waals surface area contributed by atoms with Crippen molar-refractivity contribution in [1.82, 2.24) is 9.62 Å². The molecule has 1 aromatic carbocycles. The monoisotopic (exact) mass is 394 g/mol. The first-order valence-electron chi connectivity index (χ1n) is 8.45. The van der Waals surface area contributed by atoms with Crippen molar-refractivity contribution in [1.29, 1.82) is 0 Å². The van der Waals surface area contributed by atoms with Crippen molar-refractivity contribution in [2.75, 3.05) is 20.2 Å². The number of methoxy groups -OCH3 is 1. The molecular weight excluding hydrogens is 372 g/mol. The Balaban J connectivity index is 1.71. The Hall–Kier alpha value is -1.74. The fourth-order valence-corrected chi connectivity index (χ4v) is 5.83. The minimum atomic E-state index is -3.60. The number of hydrogen-bond acceptors (Lipinski definition) is 5. The normalized spacial score (nSPS) is 15.3. The van der Waals surface area contributed by atoms with Gasteiger partial charge in [0, 0.05) is 26.7 Å². The molecule has 2 heterocycles. The zero-order valence-corrected chi connectivity index (χ0v) is 16.2. The number of carbonyl (C=O) groups excluding carboxylic acids is 1. The molecule has 8 heteroatoms. The summed E-state index contributed by atoms with van der Waals surface area (Å²) in [7, 11) is -1.97. The molecule has 1 saturated heterocycles. The van der Waals surface area contributed by atoms with Crippen LogP contribution in [0.25, 0.3) is 0 Å². The second kappa shape index (κ2) is 8.30. The lowest BCUT2D eigenvalue weighted by Gasteiger charge is -2.15. The van der Waals surface area contributed by atoms with Crippen LogP contribution in [-0.2, 0) is 27.9 Å². The van der Waals surface area contributed by atoms with Gasteiger partial charge in [-0.15, -0.1) is 11.3 Å². The van der Waals surface area contributed by atoms with E-state index in [1.165, 1.54) is 10.4 Å². The van der Waals surface area contributed by atoms with Gasteiger partial charge in [0.25, 0.3) is 5.91 Å². The largest absolute Gasteiger partial charge is 0.380 e. The number of thiophene rings is 1. The molecule has 0 radical (unpaired) electrons. The molecule has 0 bridgehead atoms. The number of nitrogens with one attached hydrogen (secondary N) is 1. The van der Waals surface area contributed by atoms with E-state index in [9.17, 15) is 13.2 Å². The molecule has 1 aliphatic heterocycles. The Labute approximate surface area is 157 Å². The van der Waals surface area contributed by atoms with Gasteiger partial charge in [0.2, 0.25) is 10.0 Å². The van der Waals surface area contributed by atoms with E-state index in [0.29, 0.717) is 26.2 Å². The summed E-state index contributed by atoms with van der Waals surface area (Å²) in [5, 5.41) is 4.47. The van der Waals surface area contributed by atoms with E-state index in [1.807, 2.05) is 24.3 Å². The Morgan fingerprint density at radius 1 is 1.23 bits per heavy atom. The average molecular weight is 395 g/mol. The van der Waals surface area contributed by atoms with Gasteiger partial charge in [-0.25, -0.2) is 8.42 Å². The van der Waals surface area contributed by atoms with Crippen LogP contribution in [0.5, 0.6) is 0 Å². The summed E-state index contributed by atoms with van der Waals surface area (Å²) in [5.74, 6) is -0.366. The van der Waals surface area contributed by atoms with Crippen molar-refractivity contribution in [2.24, 2.45) is 0 Å². The number of amides is 1. The first-order chi connectivity index (χ1) is 12.5. The van der Waals surface area contributed by atoms with E-state index in [2.05, 4.69) is 5.32 Å². The summed E-state index contributed by atoms with van der Waals surface area (Å²) >= 11 is 1.15. The Morgan fingerprint density at radius 3 is 2.69 bits per heavy atom. The van der Waals surface area contributed by atoms with Crippen LogP contribution >= 0.6 is 11.3 Å². The van der Waals surface area contributed by atoms with Crippen molar-refractivity contribution in [2.45, 2.75) is 30.9 Å². The molecule has 26 heavy (non-hydrogen) atoms. The highest BCUT2D eigenvalue weighted by Crippen LogP contribution is 2.27. The molecule has 1 fully saturated rings. The van der Waals surface area contributed by atoms with E-state index >= 15 is 0 Å². The molecule has 140 valence electrons. The van der Waals surface area contributed by atoms with Crippen LogP contribution in [0.2, 0.25) is 0 Å². The fraction of sp³-hybridized carbons (Fsp3) is 0.389. The van der Waals surface area contributed by atoms with E-state index in [0.717, 1.165) is 35.3 Å². The molecule has 0 unspecified atom stereocenters. The molecule has 6 nitrogen and oxygen atoms in total. The molecule has 0 aliphatic carbocycles.